The molecule has 2 nitrogen and oxygen atoms in total. The SMILES string of the molecule is COc1ccc(CC(O)CC(C)C(C)(C)C)cc1F. The van der Waals surface area contributed by atoms with E-state index in [-0.39, 0.29) is 17.0 Å². The second-order valence-corrected chi connectivity index (χ2v) is 6.33. The summed E-state index contributed by atoms with van der Waals surface area (Å²) >= 11 is 0. The summed E-state index contributed by atoms with van der Waals surface area (Å²) in [5.74, 6) is 0.267. The van der Waals surface area contributed by atoms with Crippen LogP contribution in [-0.4, -0.2) is 18.3 Å². The maximum Gasteiger partial charge on any atom is 0.165 e. The fourth-order valence-corrected chi connectivity index (χ4v) is 1.95. The van der Waals surface area contributed by atoms with Gasteiger partial charge in [-0.1, -0.05) is 33.8 Å². The van der Waals surface area contributed by atoms with Crippen LogP contribution in [0.15, 0.2) is 18.2 Å². The molecule has 0 aliphatic heterocycles. The van der Waals surface area contributed by atoms with Gasteiger partial charge in [-0.05, 0) is 41.9 Å². The van der Waals surface area contributed by atoms with Crippen LogP contribution in [0.4, 0.5) is 4.39 Å². The molecule has 19 heavy (non-hydrogen) atoms. The molecule has 1 aromatic carbocycles. The first-order chi connectivity index (χ1) is 8.74. The van der Waals surface area contributed by atoms with E-state index < -0.39 is 6.10 Å². The first kappa shape index (κ1) is 16.0. The smallest absolute Gasteiger partial charge is 0.165 e. The molecule has 1 N–H and O–H groups in total. The lowest BCUT2D eigenvalue weighted by molar-refractivity contribution is 0.110. The van der Waals surface area contributed by atoms with Crippen molar-refractivity contribution in [1.82, 2.24) is 0 Å². The van der Waals surface area contributed by atoms with E-state index >= 15 is 0 Å². The first-order valence-corrected chi connectivity index (χ1v) is 6.74. The summed E-state index contributed by atoms with van der Waals surface area (Å²) < 4.78 is 18.4. The van der Waals surface area contributed by atoms with Gasteiger partial charge >= 0.3 is 0 Å². The maximum absolute atomic E-state index is 13.5. The van der Waals surface area contributed by atoms with Gasteiger partial charge < -0.3 is 9.84 Å². The molecule has 0 aromatic heterocycles. The van der Waals surface area contributed by atoms with Crippen LogP contribution in [0.2, 0.25) is 0 Å². The standard InChI is InChI=1S/C16H25FO2/c1-11(16(2,3)4)8-13(18)9-12-6-7-15(19-5)14(17)10-12/h6-7,10-11,13,18H,8-9H2,1-5H3. The predicted molar refractivity (Wildman–Crippen MR) is 75.9 cm³/mol. The Bertz CT molecular complexity index is 410. The summed E-state index contributed by atoms with van der Waals surface area (Å²) in [6, 6.07) is 4.83. The Morgan fingerprint density at radius 1 is 1.32 bits per heavy atom. The fraction of sp³-hybridized carbons (Fsp3) is 0.625. The van der Waals surface area contributed by atoms with Crippen molar-refractivity contribution in [1.29, 1.82) is 0 Å². The molecule has 0 fully saturated rings. The number of benzene rings is 1. The number of ether oxygens (including phenoxy) is 1. The van der Waals surface area contributed by atoms with Crippen molar-refractivity contribution in [3.05, 3.63) is 29.6 Å². The van der Waals surface area contributed by atoms with Gasteiger partial charge in [0.15, 0.2) is 11.6 Å². The Hall–Kier alpha value is -1.09. The third kappa shape index (κ3) is 4.83. The normalized spacial score (nSPS) is 15.1. The van der Waals surface area contributed by atoms with Crippen molar-refractivity contribution in [2.24, 2.45) is 11.3 Å². The minimum atomic E-state index is -0.443. The first-order valence-electron chi connectivity index (χ1n) is 6.74. The summed E-state index contributed by atoms with van der Waals surface area (Å²) in [5, 5.41) is 10.1. The summed E-state index contributed by atoms with van der Waals surface area (Å²) in [6.45, 7) is 8.63. The van der Waals surface area contributed by atoms with Crippen LogP contribution in [0.3, 0.4) is 0 Å². The van der Waals surface area contributed by atoms with Gasteiger partial charge in [-0.2, -0.15) is 0 Å². The molecule has 0 bridgehead atoms. The van der Waals surface area contributed by atoms with Crippen LogP contribution in [0, 0.1) is 17.2 Å². The van der Waals surface area contributed by atoms with Crippen LogP contribution in [0.5, 0.6) is 5.75 Å². The fourth-order valence-electron chi connectivity index (χ4n) is 1.95. The van der Waals surface area contributed by atoms with Crippen LogP contribution < -0.4 is 4.74 Å². The van der Waals surface area contributed by atoms with Gasteiger partial charge in [-0.25, -0.2) is 4.39 Å². The van der Waals surface area contributed by atoms with E-state index in [4.69, 9.17) is 4.74 Å². The van der Waals surface area contributed by atoms with Gasteiger partial charge in [-0.15, -0.1) is 0 Å². The second kappa shape index (κ2) is 6.38. The van der Waals surface area contributed by atoms with E-state index in [2.05, 4.69) is 27.7 Å². The molecule has 0 aliphatic carbocycles. The Morgan fingerprint density at radius 3 is 2.42 bits per heavy atom. The topological polar surface area (TPSA) is 29.5 Å². The largest absolute Gasteiger partial charge is 0.494 e. The summed E-state index contributed by atoms with van der Waals surface area (Å²) in [7, 11) is 1.44. The van der Waals surface area contributed by atoms with Gasteiger partial charge in [0.25, 0.3) is 0 Å². The lowest BCUT2D eigenvalue weighted by Crippen LogP contribution is -2.24. The predicted octanol–water partition coefficient (Wildman–Crippen LogP) is 3.81. The van der Waals surface area contributed by atoms with Crippen molar-refractivity contribution in [2.75, 3.05) is 7.11 Å². The Kier molecular flexibility index (Phi) is 5.36. The lowest BCUT2D eigenvalue weighted by atomic mass is 9.78. The third-order valence-corrected chi connectivity index (χ3v) is 3.79. The molecule has 0 saturated carbocycles. The van der Waals surface area contributed by atoms with Gasteiger partial charge in [0.05, 0.1) is 13.2 Å². The Morgan fingerprint density at radius 2 is 1.95 bits per heavy atom. The average Bonchev–Trinajstić information content (AvgIpc) is 2.27. The molecule has 1 aromatic rings. The summed E-state index contributed by atoms with van der Waals surface area (Å²) in [6.07, 6.45) is 0.750. The van der Waals surface area contributed by atoms with Gasteiger partial charge in [0.2, 0.25) is 0 Å². The zero-order valence-corrected chi connectivity index (χ0v) is 12.5. The monoisotopic (exact) mass is 268 g/mol. The minimum Gasteiger partial charge on any atom is -0.494 e. The highest BCUT2D eigenvalue weighted by Gasteiger charge is 2.22. The van der Waals surface area contributed by atoms with Crippen molar-refractivity contribution in [3.8, 4) is 5.75 Å². The highest BCUT2D eigenvalue weighted by Crippen LogP contribution is 2.30. The van der Waals surface area contributed by atoms with E-state index in [1.165, 1.54) is 13.2 Å². The highest BCUT2D eigenvalue weighted by atomic mass is 19.1. The molecular formula is C16H25FO2. The molecule has 108 valence electrons. The van der Waals surface area contributed by atoms with Crippen molar-refractivity contribution in [2.45, 2.75) is 46.6 Å². The van der Waals surface area contributed by atoms with Crippen LogP contribution in [0.1, 0.15) is 39.7 Å². The second-order valence-electron chi connectivity index (χ2n) is 6.33. The van der Waals surface area contributed by atoms with Crippen molar-refractivity contribution >= 4 is 0 Å². The summed E-state index contributed by atoms with van der Waals surface area (Å²) in [4.78, 5) is 0. The van der Waals surface area contributed by atoms with E-state index in [0.29, 0.717) is 12.3 Å². The van der Waals surface area contributed by atoms with Crippen molar-refractivity contribution < 1.29 is 14.2 Å². The molecule has 0 heterocycles. The average molecular weight is 268 g/mol. The van der Waals surface area contributed by atoms with Crippen LogP contribution >= 0.6 is 0 Å². The maximum atomic E-state index is 13.5. The van der Waals surface area contributed by atoms with Crippen LogP contribution in [0.25, 0.3) is 0 Å². The number of halogens is 1. The molecule has 0 amide bonds. The Labute approximate surface area is 115 Å². The molecule has 2 unspecified atom stereocenters. The summed E-state index contributed by atoms with van der Waals surface area (Å²) in [5.41, 5.74) is 0.971. The molecule has 0 spiro atoms. The lowest BCUT2D eigenvalue weighted by Gasteiger charge is -2.29. The molecule has 1 rings (SSSR count). The van der Waals surface area contributed by atoms with Crippen molar-refractivity contribution in [3.63, 3.8) is 0 Å². The number of rotatable bonds is 5. The van der Waals surface area contributed by atoms with E-state index in [1.807, 2.05) is 0 Å². The molecule has 0 saturated heterocycles. The molecule has 2 atom stereocenters. The van der Waals surface area contributed by atoms with Gasteiger partial charge in [0.1, 0.15) is 0 Å². The number of methoxy groups -OCH3 is 1. The van der Waals surface area contributed by atoms with Gasteiger partial charge in [-0.3, -0.25) is 0 Å². The number of aliphatic hydroxyl groups excluding tert-OH is 1. The molecule has 3 heteroatoms. The number of hydrogen-bond acceptors (Lipinski definition) is 2. The zero-order chi connectivity index (χ0) is 14.6. The number of aliphatic hydroxyl groups is 1. The third-order valence-electron chi connectivity index (χ3n) is 3.79. The zero-order valence-electron chi connectivity index (χ0n) is 12.5. The quantitative estimate of drug-likeness (QED) is 0.880. The highest BCUT2D eigenvalue weighted by molar-refractivity contribution is 5.29. The number of hydrogen-bond donors (Lipinski definition) is 1. The Balaban J connectivity index is 2.62. The van der Waals surface area contributed by atoms with E-state index in [9.17, 15) is 9.50 Å². The van der Waals surface area contributed by atoms with E-state index in [1.54, 1.807) is 12.1 Å². The molecule has 0 radical (unpaired) electrons. The minimum absolute atomic E-state index is 0.173. The van der Waals surface area contributed by atoms with E-state index in [0.717, 1.165) is 12.0 Å². The molecule has 0 aliphatic rings. The molecular weight excluding hydrogens is 243 g/mol. The van der Waals surface area contributed by atoms with Gasteiger partial charge in [0, 0.05) is 0 Å². The van der Waals surface area contributed by atoms with Crippen LogP contribution in [-0.2, 0) is 6.42 Å².